The first-order valence-electron chi connectivity index (χ1n) is 4.09. The molecular formula is C8H17NO3S. The smallest absolute Gasteiger partial charge is 0.199 e. The van der Waals surface area contributed by atoms with Gasteiger partial charge in [-0.05, 0) is 27.7 Å². The van der Waals surface area contributed by atoms with E-state index in [0.717, 1.165) is 5.41 Å². The van der Waals surface area contributed by atoms with E-state index < -0.39 is 15.3 Å². The monoisotopic (exact) mass is 207 g/mol. The molecule has 0 fully saturated rings. The Balaban J connectivity index is 4.57. The Morgan fingerprint density at radius 3 is 2.15 bits per heavy atom. The number of nitrogens with two attached hydrogens (primary N) is 1. The summed E-state index contributed by atoms with van der Waals surface area (Å²) in [5.41, 5.74) is 4.70. The van der Waals surface area contributed by atoms with E-state index in [-0.39, 0.29) is 11.8 Å². The van der Waals surface area contributed by atoms with Crippen molar-refractivity contribution in [3.05, 3.63) is 11.1 Å². The molecule has 0 saturated carbocycles. The van der Waals surface area contributed by atoms with Gasteiger partial charge in [0.1, 0.15) is 0 Å². The number of hydrogen-bond donors (Lipinski definition) is 1. The first-order valence-corrected chi connectivity index (χ1v) is 5.70. The Bertz CT molecular complexity index is 276. The second-order valence-corrected chi connectivity index (χ2v) is 5.28. The van der Waals surface area contributed by atoms with Crippen molar-refractivity contribution < 1.29 is 13.2 Å². The molecule has 2 N–H and O–H groups in total. The molecule has 0 aromatic carbocycles. The van der Waals surface area contributed by atoms with E-state index in [0.29, 0.717) is 0 Å². The van der Waals surface area contributed by atoms with Gasteiger partial charge in [-0.25, -0.2) is 8.42 Å². The van der Waals surface area contributed by atoms with Crippen LogP contribution in [0.1, 0.15) is 27.7 Å². The van der Waals surface area contributed by atoms with Crippen LogP contribution in [0.2, 0.25) is 0 Å². The van der Waals surface area contributed by atoms with E-state index in [2.05, 4.69) is 0 Å². The fourth-order valence-electron chi connectivity index (χ4n) is 0.816. The minimum Gasteiger partial charge on any atom is -0.402 e. The first-order chi connectivity index (χ1) is 5.75. The van der Waals surface area contributed by atoms with E-state index in [4.69, 9.17) is 10.5 Å². The molecular weight excluding hydrogens is 190 g/mol. The molecule has 0 aliphatic heterocycles. The maximum absolute atomic E-state index is 11.4. The van der Waals surface area contributed by atoms with Gasteiger partial charge in [0, 0.05) is 5.70 Å². The summed E-state index contributed by atoms with van der Waals surface area (Å²) in [5.74, 6) is 0. The van der Waals surface area contributed by atoms with Crippen LogP contribution >= 0.6 is 0 Å². The van der Waals surface area contributed by atoms with Gasteiger partial charge >= 0.3 is 0 Å². The summed E-state index contributed by atoms with van der Waals surface area (Å²) >= 11 is 0. The normalized spacial score (nSPS) is 16.2. The van der Waals surface area contributed by atoms with E-state index in [1.165, 1.54) is 13.8 Å². The lowest BCUT2D eigenvalue weighted by Crippen LogP contribution is -2.23. The third-order valence-corrected chi connectivity index (χ3v) is 3.01. The molecule has 0 aliphatic carbocycles. The van der Waals surface area contributed by atoms with Gasteiger partial charge in [0.05, 0.1) is 11.5 Å². The van der Waals surface area contributed by atoms with Crippen LogP contribution in [0.5, 0.6) is 0 Å². The Hall–Kier alpha value is -0.550. The Morgan fingerprint density at radius 2 is 1.85 bits per heavy atom. The SMILES string of the molecule is CC(N)=CS(=O)(=O)C(C)OC(C)C. The topological polar surface area (TPSA) is 69.4 Å². The quantitative estimate of drug-likeness (QED) is 0.746. The number of allylic oxidation sites excluding steroid dienone is 1. The van der Waals surface area contributed by atoms with Crippen molar-refractivity contribution in [2.24, 2.45) is 5.73 Å². The largest absolute Gasteiger partial charge is 0.402 e. The Kier molecular flexibility index (Phi) is 4.43. The zero-order valence-electron chi connectivity index (χ0n) is 8.44. The summed E-state index contributed by atoms with van der Waals surface area (Å²) in [4.78, 5) is 0. The molecule has 13 heavy (non-hydrogen) atoms. The van der Waals surface area contributed by atoms with E-state index >= 15 is 0 Å². The molecule has 1 unspecified atom stereocenters. The number of hydrogen-bond acceptors (Lipinski definition) is 4. The summed E-state index contributed by atoms with van der Waals surface area (Å²) in [6, 6.07) is 0. The molecule has 0 radical (unpaired) electrons. The molecule has 0 amide bonds. The van der Waals surface area contributed by atoms with Gasteiger partial charge in [-0.2, -0.15) is 0 Å². The molecule has 0 saturated heterocycles. The predicted octanol–water partition coefficient (Wildman–Crippen LogP) is 0.992. The Labute approximate surface area is 79.7 Å². The predicted molar refractivity (Wildman–Crippen MR) is 52.5 cm³/mol. The summed E-state index contributed by atoms with van der Waals surface area (Å²) in [6.45, 7) is 6.59. The van der Waals surface area contributed by atoms with Crippen molar-refractivity contribution in [1.82, 2.24) is 0 Å². The molecule has 1 atom stereocenters. The molecule has 0 aromatic rings. The fourth-order valence-corrected chi connectivity index (χ4v) is 1.90. The molecule has 0 heterocycles. The number of rotatable bonds is 4. The Morgan fingerprint density at radius 1 is 1.38 bits per heavy atom. The second kappa shape index (κ2) is 4.62. The molecule has 4 nitrogen and oxygen atoms in total. The zero-order valence-corrected chi connectivity index (χ0v) is 9.26. The molecule has 0 aliphatic rings. The molecule has 0 spiro atoms. The lowest BCUT2D eigenvalue weighted by molar-refractivity contribution is 0.0639. The molecule has 0 aromatic heterocycles. The van der Waals surface area contributed by atoms with Gasteiger partial charge in [0.25, 0.3) is 0 Å². The molecule has 5 heteroatoms. The van der Waals surface area contributed by atoms with Crippen molar-refractivity contribution in [1.29, 1.82) is 0 Å². The first kappa shape index (κ1) is 12.4. The van der Waals surface area contributed by atoms with E-state index in [1.54, 1.807) is 13.8 Å². The minimum atomic E-state index is -3.36. The van der Waals surface area contributed by atoms with Gasteiger partial charge in [0.15, 0.2) is 15.3 Å². The van der Waals surface area contributed by atoms with Crippen LogP contribution in [0.3, 0.4) is 0 Å². The summed E-state index contributed by atoms with van der Waals surface area (Å²) in [7, 11) is -3.36. The average molecular weight is 207 g/mol. The van der Waals surface area contributed by atoms with Gasteiger partial charge in [0.2, 0.25) is 0 Å². The summed E-state index contributed by atoms with van der Waals surface area (Å²) in [5, 5.41) is 1.03. The van der Waals surface area contributed by atoms with Crippen LogP contribution in [0.4, 0.5) is 0 Å². The van der Waals surface area contributed by atoms with Crippen LogP contribution in [-0.4, -0.2) is 20.0 Å². The lowest BCUT2D eigenvalue weighted by Gasteiger charge is -2.14. The maximum Gasteiger partial charge on any atom is 0.199 e. The molecule has 0 rings (SSSR count). The van der Waals surface area contributed by atoms with Crippen molar-refractivity contribution >= 4 is 9.84 Å². The zero-order chi connectivity index (χ0) is 10.6. The second-order valence-electron chi connectivity index (χ2n) is 3.20. The fraction of sp³-hybridized carbons (Fsp3) is 0.750. The van der Waals surface area contributed by atoms with Crippen LogP contribution in [0, 0.1) is 0 Å². The summed E-state index contributed by atoms with van der Waals surface area (Å²) < 4.78 is 27.9. The van der Waals surface area contributed by atoms with Gasteiger partial charge in [-0.3, -0.25) is 0 Å². The molecule has 78 valence electrons. The number of sulfone groups is 1. The minimum absolute atomic E-state index is 0.115. The van der Waals surface area contributed by atoms with Crippen LogP contribution in [0.25, 0.3) is 0 Å². The molecule has 0 bridgehead atoms. The van der Waals surface area contributed by atoms with Crippen LogP contribution < -0.4 is 5.73 Å². The average Bonchev–Trinajstić information content (AvgIpc) is 1.81. The lowest BCUT2D eigenvalue weighted by atomic mass is 10.5. The highest BCUT2D eigenvalue weighted by atomic mass is 32.2. The van der Waals surface area contributed by atoms with Gasteiger partial charge in [-0.15, -0.1) is 0 Å². The van der Waals surface area contributed by atoms with Crippen LogP contribution in [0.15, 0.2) is 11.1 Å². The summed E-state index contributed by atoms with van der Waals surface area (Å²) in [6.07, 6.45) is -0.115. The van der Waals surface area contributed by atoms with E-state index in [9.17, 15) is 8.42 Å². The van der Waals surface area contributed by atoms with E-state index in [1.807, 2.05) is 0 Å². The highest BCUT2D eigenvalue weighted by molar-refractivity contribution is 7.94. The third-order valence-electron chi connectivity index (χ3n) is 1.28. The highest BCUT2D eigenvalue weighted by Gasteiger charge is 2.19. The van der Waals surface area contributed by atoms with Gasteiger partial charge < -0.3 is 10.5 Å². The number of ether oxygens (including phenoxy) is 1. The van der Waals surface area contributed by atoms with Crippen molar-refractivity contribution in [2.45, 2.75) is 39.2 Å². The maximum atomic E-state index is 11.4. The van der Waals surface area contributed by atoms with Crippen molar-refractivity contribution in [2.75, 3.05) is 0 Å². The highest BCUT2D eigenvalue weighted by Crippen LogP contribution is 2.08. The van der Waals surface area contributed by atoms with Crippen molar-refractivity contribution in [3.63, 3.8) is 0 Å². The van der Waals surface area contributed by atoms with Gasteiger partial charge in [-0.1, -0.05) is 0 Å². The third kappa shape index (κ3) is 4.90. The van der Waals surface area contributed by atoms with Crippen LogP contribution in [-0.2, 0) is 14.6 Å². The van der Waals surface area contributed by atoms with Crippen molar-refractivity contribution in [3.8, 4) is 0 Å². The standard InChI is InChI=1S/C8H17NO3S/c1-6(2)12-8(4)13(10,11)5-7(3)9/h5-6,8H,9H2,1-4H3.